The summed E-state index contributed by atoms with van der Waals surface area (Å²) in [5.41, 5.74) is 6.53. The molecule has 3 aliphatic rings. The van der Waals surface area contributed by atoms with Gasteiger partial charge in [0.25, 0.3) is 5.91 Å². The number of hydrogen-bond donors (Lipinski definition) is 2. The van der Waals surface area contributed by atoms with E-state index in [4.69, 9.17) is 4.98 Å². The van der Waals surface area contributed by atoms with Gasteiger partial charge in [0, 0.05) is 44.1 Å². The third kappa shape index (κ3) is 2.22. The Hall–Kier alpha value is -3.06. The summed E-state index contributed by atoms with van der Waals surface area (Å²) in [6.45, 7) is 2.39. The van der Waals surface area contributed by atoms with Crippen molar-refractivity contribution < 1.29 is 9.18 Å². The summed E-state index contributed by atoms with van der Waals surface area (Å²) in [7, 11) is 2.04. The number of aryl methyl sites for hydroxylation is 1. The lowest BCUT2D eigenvalue weighted by Gasteiger charge is -2.46. The average Bonchev–Trinajstić information content (AvgIpc) is 3.01. The molecule has 0 bridgehead atoms. The Balaban J connectivity index is 1.58. The average molecular weight is 389 g/mol. The van der Waals surface area contributed by atoms with Gasteiger partial charge >= 0.3 is 0 Å². The van der Waals surface area contributed by atoms with E-state index in [2.05, 4.69) is 20.2 Å². The van der Waals surface area contributed by atoms with Crippen LogP contribution in [0.5, 0.6) is 0 Å². The number of halogens is 1. The van der Waals surface area contributed by atoms with Gasteiger partial charge in [-0.3, -0.25) is 4.79 Å². The summed E-state index contributed by atoms with van der Waals surface area (Å²) in [6, 6.07) is 6.34. The van der Waals surface area contributed by atoms with Crippen molar-refractivity contribution in [2.24, 2.45) is 7.05 Å². The Morgan fingerprint density at radius 2 is 2.07 bits per heavy atom. The minimum absolute atomic E-state index is 0.0113. The molecule has 2 aromatic heterocycles. The first kappa shape index (κ1) is 16.9. The topological polar surface area (TPSA) is 71.8 Å². The van der Waals surface area contributed by atoms with Crippen molar-refractivity contribution in [3.05, 3.63) is 58.7 Å². The van der Waals surface area contributed by atoms with Crippen molar-refractivity contribution in [1.82, 2.24) is 25.2 Å². The zero-order valence-electron chi connectivity index (χ0n) is 16.1. The van der Waals surface area contributed by atoms with Crippen molar-refractivity contribution >= 4 is 5.91 Å². The second-order valence-corrected chi connectivity index (χ2v) is 8.25. The Morgan fingerprint density at radius 3 is 2.83 bits per heavy atom. The van der Waals surface area contributed by atoms with Gasteiger partial charge in [-0.15, -0.1) is 0 Å². The molecule has 6 nitrogen and oxygen atoms in total. The van der Waals surface area contributed by atoms with Crippen LogP contribution in [0.1, 0.15) is 27.2 Å². The molecule has 1 saturated heterocycles. The summed E-state index contributed by atoms with van der Waals surface area (Å²) >= 11 is 0. The van der Waals surface area contributed by atoms with Crippen LogP contribution in [0.25, 0.3) is 22.8 Å². The highest BCUT2D eigenvalue weighted by atomic mass is 19.1. The van der Waals surface area contributed by atoms with Crippen LogP contribution < -0.4 is 10.6 Å². The zero-order valence-corrected chi connectivity index (χ0v) is 16.1. The molecule has 1 aliphatic carbocycles. The third-order valence-corrected chi connectivity index (χ3v) is 6.55. The maximum atomic E-state index is 13.7. The van der Waals surface area contributed by atoms with Gasteiger partial charge in [0.15, 0.2) is 5.82 Å². The molecule has 146 valence electrons. The predicted octanol–water partition coefficient (Wildman–Crippen LogP) is 1.97. The van der Waals surface area contributed by atoms with E-state index in [1.807, 2.05) is 19.3 Å². The lowest BCUT2D eigenvalue weighted by Crippen LogP contribution is -2.65. The van der Waals surface area contributed by atoms with E-state index in [1.54, 1.807) is 6.07 Å². The molecule has 1 aromatic carbocycles. The Morgan fingerprint density at radius 1 is 1.21 bits per heavy atom. The third-order valence-electron chi connectivity index (χ3n) is 6.55. The van der Waals surface area contributed by atoms with Gasteiger partial charge < -0.3 is 15.2 Å². The highest BCUT2D eigenvalue weighted by Gasteiger charge is 2.49. The van der Waals surface area contributed by atoms with Crippen LogP contribution >= 0.6 is 0 Å². The van der Waals surface area contributed by atoms with Crippen molar-refractivity contribution in [1.29, 1.82) is 0 Å². The van der Waals surface area contributed by atoms with E-state index in [0.29, 0.717) is 17.9 Å². The molecule has 6 rings (SSSR count). The van der Waals surface area contributed by atoms with Crippen molar-refractivity contribution in [3.63, 3.8) is 0 Å². The van der Waals surface area contributed by atoms with Crippen LogP contribution in [0.3, 0.4) is 0 Å². The largest absolute Gasteiger partial charge is 0.351 e. The molecule has 3 aromatic rings. The number of aromatic nitrogens is 3. The summed E-state index contributed by atoms with van der Waals surface area (Å²) in [4.78, 5) is 22.1. The highest BCUT2D eigenvalue weighted by molar-refractivity contribution is 6.01. The van der Waals surface area contributed by atoms with Crippen LogP contribution in [0, 0.1) is 5.82 Å². The molecular weight excluding hydrogens is 369 g/mol. The molecule has 0 radical (unpaired) electrons. The number of benzene rings is 1. The molecule has 0 saturated carbocycles. The molecule has 7 heteroatoms. The summed E-state index contributed by atoms with van der Waals surface area (Å²) in [5, 5.41) is 6.46. The van der Waals surface area contributed by atoms with E-state index in [1.165, 1.54) is 12.1 Å². The van der Waals surface area contributed by atoms with Crippen molar-refractivity contribution in [2.45, 2.75) is 18.3 Å². The Kier molecular flexibility index (Phi) is 3.33. The van der Waals surface area contributed by atoms with Gasteiger partial charge in [0.1, 0.15) is 5.82 Å². The fraction of sp³-hybridized carbons (Fsp3) is 0.318. The van der Waals surface area contributed by atoms with E-state index < -0.39 is 0 Å². The first-order chi connectivity index (χ1) is 14.1. The van der Waals surface area contributed by atoms with E-state index in [9.17, 15) is 9.18 Å². The molecule has 29 heavy (non-hydrogen) atoms. The summed E-state index contributed by atoms with van der Waals surface area (Å²) in [5.74, 6) is 0.201. The maximum absolute atomic E-state index is 13.7. The number of hydrogen-bond acceptors (Lipinski definition) is 4. The molecule has 2 aliphatic heterocycles. The SMILES string of the molecule is Cn1c2c(c3c1C1(CNC1)CNC3=O)CCc1cnc(-c3cccc(F)c3)nc1-2. The highest BCUT2D eigenvalue weighted by Crippen LogP contribution is 2.44. The number of amides is 1. The Bertz CT molecular complexity index is 1190. The quantitative estimate of drug-likeness (QED) is 0.668. The number of nitrogens with one attached hydrogen (secondary N) is 2. The predicted molar refractivity (Wildman–Crippen MR) is 106 cm³/mol. The Labute approximate surface area is 167 Å². The number of nitrogens with zero attached hydrogens (tertiary/aromatic N) is 3. The normalized spacial score (nSPS) is 18.5. The fourth-order valence-electron chi connectivity index (χ4n) is 5.12. The smallest absolute Gasteiger partial charge is 0.253 e. The molecule has 0 atom stereocenters. The van der Waals surface area contributed by atoms with Gasteiger partial charge in [0.2, 0.25) is 0 Å². The van der Waals surface area contributed by atoms with E-state index >= 15 is 0 Å². The first-order valence-electron chi connectivity index (χ1n) is 9.91. The second kappa shape index (κ2) is 5.73. The zero-order chi connectivity index (χ0) is 19.8. The van der Waals surface area contributed by atoms with Crippen LogP contribution in [0.2, 0.25) is 0 Å². The van der Waals surface area contributed by atoms with Crippen molar-refractivity contribution in [3.8, 4) is 22.8 Å². The molecule has 1 fully saturated rings. The standard InChI is InChI=1S/C22H20FN5O/c1-28-18-15(16-19(28)22(9-24-10-22)11-26-21(16)29)6-5-13-8-25-20(27-17(13)18)12-3-2-4-14(23)7-12/h2-4,7-8,24H,5-6,9-11H2,1H3,(H,26,29). The van der Waals surface area contributed by atoms with Crippen LogP contribution in [-0.4, -0.2) is 40.1 Å². The van der Waals surface area contributed by atoms with Crippen LogP contribution in [0.15, 0.2) is 30.5 Å². The molecule has 4 heterocycles. The second-order valence-electron chi connectivity index (χ2n) is 8.25. The van der Waals surface area contributed by atoms with Gasteiger partial charge in [-0.05, 0) is 36.1 Å². The van der Waals surface area contributed by atoms with Crippen LogP contribution in [-0.2, 0) is 25.3 Å². The van der Waals surface area contributed by atoms with Gasteiger partial charge in [-0.2, -0.15) is 0 Å². The van der Waals surface area contributed by atoms with Crippen molar-refractivity contribution in [2.75, 3.05) is 19.6 Å². The minimum atomic E-state index is -0.310. The minimum Gasteiger partial charge on any atom is -0.351 e. The number of rotatable bonds is 1. The van der Waals surface area contributed by atoms with Gasteiger partial charge in [-0.1, -0.05) is 12.1 Å². The number of fused-ring (bicyclic) bond motifs is 6. The number of carbonyl (C=O) groups is 1. The molecule has 2 N–H and O–H groups in total. The molecule has 1 spiro atoms. The lowest BCUT2D eigenvalue weighted by molar-refractivity contribution is 0.0902. The van der Waals surface area contributed by atoms with Crippen LogP contribution in [0.4, 0.5) is 4.39 Å². The lowest BCUT2D eigenvalue weighted by atomic mass is 9.74. The monoisotopic (exact) mass is 389 g/mol. The van der Waals surface area contributed by atoms with Gasteiger partial charge in [0.05, 0.1) is 22.4 Å². The number of carbonyl (C=O) groups excluding carboxylic acids is 1. The molecule has 1 amide bonds. The maximum Gasteiger partial charge on any atom is 0.253 e. The summed E-state index contributed by atoms with van der Waals surface area (Å²) in [6.07, 6.45) is 3.43. The summed E-state index contributed by atoms with van der Waals surface area (Å²) < 4.78 is 15.9. The fourth-order valence-corrected chi connectivity index (χ4v) is 5.12. The first-order valence-corrected chi connectivity index (χ1v) is 9.91. The van der Waals surface area contributed by atoms with Gasteiger partial charge in [-0.25, -0.2) is 14.4 Å². The molecule has 0 unspecified atom stereocenters. The molecular formula is C22H20FN5O. The van der Waals surface area contributed by atoms with E-state index in [-0.39, 0.29) is 17.1 Å². The van der Waals surface area contributed by atoms with E-state index in [0.717, 1.165) is 59.7 Å².